The molecule has 1 saturated carbocycles. The second-order valence-corrected chi connectivity index (χ2v) is 6.59. The van der Waals surface area contributed by atoms with Crippen LogP contribution in [0.3, 0.4) is 0 Å². The van der Waals surface area contributed by atoms with Gasteiger partial charge in [-0.2, -0.15) is 0 Å². The van der Waals surface area contributed by atoms with Gasteiger partial charge in [0, 0.05) is 24.7 Å². The maximum Gasteiger partial charge on any atom is 0.407 e. The Bertz CT molecular complexity index is 302. The molecule has 2 rings (SSSR count). The first-order valence-electron chi connectivity index (χ1n) is 7.26. The molecule has 2 fully saturated rings. The third-order valence-electron chi connectivity index (χ3n) is 3.49. The molecule has 1 amide bonds. The predicted molar refractivity (Wildman–Crippen MR) is 73.2 cm³/mol. The van der Waals surface area contributed by atoms with Gasteiger partial charge in [-0.3, -0.25) is 0 Å². The van der Waals surface area contributed by atoms with Gasteiger partial charge in [0.05, 0.1) is 6.61 Å². The number of carbonyl (C=O) groups is 1. The van der Waals surface area contributed by atoms with Crippen molar-refractivity contribution in [2.45, 2.75) is 70.2 Å². The van der Waals surface area contributed by atoms with E-state index in [2.05, 4.69) is 10.6 Å². The minimum Gasteiger partial charge on any atom is -0.444 e. The van der Waals surface area contributed by atoms with Crippen molar-refractivity contribution in [3.05, 3.63) is 0 Å². The number of rotatable bonds is 3. The molecule has 0 aromatic heterocycles. The summed E-state index contributed by atoms with van der Waals surface area (Å²) in [7, 11) is 0. The third-order valence-corrected chi connectivity index (χ3v) is 3.49. The van der Waals surface area contributed by atoms with Crippen LogP contribution in [0.5, 0.6) is 0 Å². The Morgan fingerprint density at radius 2 is 1.95 bits per heavy atom. The molecule has 19 heavy (non-hydrogen) atoms. The summed E-state index contributed by atoms with van der Waals surface area (Å²) in [6.07, 6.45) is 3.99. The fraction of sp³-hybridized carbons (Fsp3) is 0.929. The minimum atomic E-state index is -0.426. The van der Waals surface area contributed by atoms with Gasteiger partial charge in [-0.15, -0.1) is 0 Å². The van der Waals surface area contributed by atoms with Gasteiger partial charge >= 0.3 is 6.09 Å². The first-order chi connectivity index (χ1) is 8.92. The van der Waals surface area contributed by atoms with Gasteiger partial charge < -0.3 is 20.1 Å². The van der Waals surface area contributed by atoms with Crippen molar-refractivity contribution in [2.75, 3.05) is 13.2 Å². The summed E-state index contributed by atoms with van der Waals surface area (Å²) in [4.78, 5) is 11.6. The molecule has 1 atom stereocenters. The molecule has 1 unspecified atom stereocenters. The average Bonchev–Trinajstić information content (AvgIpc) is 2.25. The van der Waals surface area contributed by atoms with Crippen LogP contribution < -0.4 is 10.6 Å². The van der Waals surface area contributed by atoms with Crippen LogP contribution in [0.4, 0.5) is 4.79 Å². The summed E-state index contributed by atoms with van der Waals surface area (Å²) in [5.74, 6) is 0. The van der Waals surface area contributed by atoms with Gasteiger partial charge in [-0.25, -0.2) is 4.79 Å². The van der Waals surface area contributed by atoms with Gasteiger partial charge in [-0.1, -0.05) is 0 Å². The molecular formula is C14H26N2O3. The molecule has 0 radical (unpaired) electrons. The van der Waals surface area contributed by atoms with E-state index in [1.807, 2.05) is 20.8 Å². The zero-order valence-corrected chi connectivity index (χ0v) is 12.2. The van der Waals surface area contributed by atoms with Crippen LogP contribution in [-0.4, -0.2) is 43.0 Å². The first-order valence-corrected chi connectivity index (χ1v) is 7.26. The van der Waals surface area contributed by atoms with Gasteiger partial charge in [-0.05, 0) is 46.5 Å². The summed E-state index contributed by atoms with van der Waals surface area (Å²) in [6, 6.07) is 1.24. The molecule has 1 saturated heterocycles. The number of hydrogen-bond acceptors (Lipinski definition) is 4. The van der Waals surface area contributed by atoms with Crippen LogP contribution in [0.2, 0.25) is 0 Å². The van der Waals surface area contributed by atoms with Crippen molar-refractivity contribution in [2.24, 2.45) is 0 Å². The van der Waals surface area contributed by atoms with Gasteiger partial charge in [0.15, 0.2) is 0 Å². The summed E-state index contributed by atoms with van der Waals surface area (Å²) in [6.45, 7) is 7.34. The maximum atomic E-state index is 11.6. The van der Waals surface area contributed by atoms with Crippen molar-refractivity contribution in [3.8, 4) is 0 Å². The second kappa shape index (κ2) is 6.09. The number of carbonyl (C=O) groups excluding carboxylic acids is 1. The Balaban J connectivity index is 1.59. The Morgan fingerprint density at radius 1 is 1.21 bits per heavy atom. The number of amides is 1. The Morgan fingerprint density at radius 3 is 2.53 bits per heavy atom. The van der Waals surface area contributed by atoms with E-state index >= 15 is 0 Å². The van der Waals surface area contributed by atoms with Crippen molar-refractivity contribution in [3.63, 3.8) is 0 Å². The van der Waals surface area contributed by atoms with Gasteiger partial charge in [0.2, 0.25) is 0 Å². The summed E-state index contributed by atoms with van der Waals surface area (Å²) >= 11 is 0. The SMILES string of the molecule is CC(C)(C)OC(=O)NC1CC(NC2CCCOC2)C1. The molecule has 110 valence electrons. The van der Waals surface area contributed by atoms with E-state index in [1.165, 1.54) is 6.42 Å². The highest BCUT2D eigenvalue weighted by Crippen LogP contribution is 2.22. The fourth-order valence-electron chi connectivity index (χ4n) is 2.55. The molecule has 2 aliphatic rings. The van der Waals surface area contributed by atoms with E-state index in [1.54, 1.807) is 0 Å². The van der Waals surface area contributed by atoms with Gasteiger partial charge in [0.1, 0.15) is 5.60 Å². The number of ether oxygens (including phenoxy) is 2. The predicted octanol–water partition coefficient (Wildman–Crippen LogP) is 1.81. The van der Waals surface area contributed by atoms with Crippen molar-refractivity contribution < 1.29 is 14.3 Å². The highest BCUT2D eigenvalue weighted by molar-refractivity contribution is 5.68. The summed E-state index contributed by atoms with van der Waals surface area (Å²) in [5.41, 5.74) is -0.426. The normalized spacial score (nSPS) is 31.4. The first kappa shape index (κ1) is 14.6. The monoisotopic (exact) mass is 270 g/mol. The van der Waals surface area contributed by atoms with Crippen LogP contribution in [0.25, 0.3) is 0 Å². The van der Waals surface area contributed by atoms with Crippen molar-refractivity contribution in [1.82, 2.24) is 10.6 Å². The molecule has 0 aromatic rings. The highest BCUT2D eigenvalue weighted by atomic mass is 16.6. The topological polar surface area (TPSA) is 59.6 Å². The molecule has 0 spiro atoms. The van der Waals surface area contributed by atoms with Crippen LogP contribution in [0.15, 0.2) is 0 Å². The fourth-order valence-corrected chi connectivity index (χ4v) is 2.55. The van der Waals surface area contributed by atoms with Crippen LogP contribution in [0, 0.1) is 0 Å². The van der Waals surface area contributed by atoms with Crippen molar-refractivity contribution >= 4 is 6.09 Å². The van der Waals surface area contributed by atoms with E-state index < -0.39 is 5.60 Å². The minimum absolute atomic E-state index is 0.247. The summed E-state index contributed by atoms with van der Waals surface area (Å²) in [5, 5.41) is 6.50. The van der Waals surface area contributed by atoms with Crippen molar-refractivity contribution in [1.29, 1.82) is 0 Å². The number of hydrogen-bond donors (Lipinski definition) is 2. The zero-order valence-electron chi connectivity index (χ0n) is 12.2. The molecule has 0 aromatic carbocycles. The van der Waals surface area contributed by atoms with Gasteiger partial charge in [0.25, 0.3) is 0 Å². The summed E-state index contributed by atoms with van der Waals surface area (Å²) < 4.78 is 10.7. The molecule has 0 bridgehead atoms. The maximum absolute atomic E-state index is 11.6. The molecule has 1 heterocycles. The lowest BCUT2D eigenvalue weighted by molar-refractivity contribution is 0.0420. The average molecular weight is 270 g/mol. The number of alkyl carbamates (subject to hydrolysis) is 1. The lowest BCUT2D eigenvalue weighted by Crippen LogP contribution is -2.56. The quantitative estimate of drug-likeness (QED) is 0.821. The smallest absolute Gasteiger partial charge is 0.407 e. The Labute approximate surface area is 115 Å². The van der Waals surface area contributed by atoms with E-state index in [0.717, 1.165) is 32.5 Å². The van der Waals surface area contributed by atoms with E-state index in [0.29, 0.717) is 12.1 Å². The highest BCUT2D eigenvalue weighted by Gasteiger charge is 2.33. The number of nitrogens with one attached hydrogen (secondary N) is 2. The van der Waals surface area contributed by atoms with E-state index in [-0.39, 0.29) is 12.1 Å². The van der Waals surface area contributed by atoms with Crippen LogP contribution >= 0.6 is 0 Å². The molecular weight excluding hydrogens is 244 g/mol. The third kappa shape index (κ3) is 4.99. The molecule has 5 nitrogen and oxygen atoms in total. The Hall–Kier alpha value is -0.810. The lowest BCUT2D eigenvalue weighted by Gasteiger charge is -2.39. The molecule has 1 aliphatic carbocycles. The second-order valence-electron chi connectivity index (χ2n) is 6.59. The lowest BCUT2D eigenvalue weighted by atomic mass is 9.86. The molecule has 1 aliphatic heterocycles. The largest absolute Gasteiger partial charge is 0.444 e. The van der Waals surface area contributed by atoms with Crippen LogP contribution in [-0.2, 0) is 9.47 Å². The van der Waals surface area contributed by atoms with E-state index in [9.17, 15) is 4.79 Å². The zero-order chi connectivity index (χ0) is 13.9. The van der Waals surface area contributed by atoms with Crippen LogP contribution in [0.1, 0.15) is 46.5 Å². The molecule has 5 heteroatoms. The molecule has 2 N–H and O–H groups in total. The Kier molecular flexibility index (Phi) is 4.68. The standard InChI is InChI=1S/C14H26N2O3/c1-14(2,3)19-13(17)16-12-7-11(8-12)15-10-5-4-6-18-9-10/h10-12,15H,4-9H2,1-3H3,(H,16,17). The van der Waals surface area contributed by atoms with E-state index in [4.69, 9.17) is 9.47 Å².